The van der Waals surface area contributed by atoms with E-state index in [1.54, 1.807) is 0 Å². The quantitative estimate of drug-likeness (QED) is 0.675. The molecule has 1 heterocycles. The summed E-state index contributed by atoms with van der Waals surface area (Å²) < 4.78 is 40.5. The van der Waals surface area contributed by atoms with Gasteiger partial charge in [-0.1, -0.05) is 0 Å². The van der Waals surface area contributed by atoms with Crippen molar-refractivity contribution in [2.75, 3.05) is 16.0 Å². The monoisotopic (exact) mass is 370 g/mol. The fourth-order valence-electron chi connectivity index (χ4n) is 1.95. The fourth-order valence-corrected chi connectivity index (χ4v) is 1.95. The Kier molecular flexibility index (Phi) is 6.06. The van der Waals surface area contributed by atoms with Crippen LogP contribution in [0.2, 0.25) is 0 Å². The SMILES string of the molecule is CC(C)Nc1nc(Nc2ccc(OC(F)(F)F)cc2)nc(NC(C)C)n1. The highest BCUT2D eigenvalue weighted by Crippen LogP contribution is 2.25. The molecule has 0 saturated carbocycles. The number of ether oxygens (including phenoxy) is 1. The first-order valence-electron chi connectivity index (χ1n) is 8.02. The molecule has 0 amide bonds. The van der Waals surface area contributed by atoms with E-state index in [0.29, 0.717) is 17.6 Å². The number of benzene rings is 1. The molecule has 0 fully saturated rings. The number of anilines is 4. The summed E-state index contributed by atoms with van der Waals surface area (Å²) >= 11 is 0. The van der Waals surface area contributed by atoms with E-state index >= 15 is 0 Å². The number of nitrogens with zero attached hydrogens (tertiary/aromatic N) is 3. The Morgan fingerprint density at radius 2 is 1.27 bits per heavy atom. The van der Waals surface area contributed by atoms with Crippen molar-refractivity contribution in [1.29, 1.82) is 0 Å². The largest absolute Gasteiger partial charge is 0.573 e. The molecule has 142 valence electrons. The Labute approximate surface area is 149 Å². The maximum absolute atomic E-state index is 12.2. The molecule has 0 atom stereocenters. The van der Waals surface area contributed by atoms with Gasteiger partial charge in [0.15, 0.2) is 0 Å². The predicted octanol–water partition coefficient (Wildman–Crippen LogP) is 4.15. The van der Waals surface area contributed by atoms with Crippen LogP contribution in [0.5, 0.6) is 5.75 Å². The number of rotatable bonds is 7. The van der Waals surface area contributed by atoms with Crippen molar-refractivity contribution in [3.63, 3.8) is 0 Å². The van der Waals surface area contributed by atoms with Crippen LogP contribution in [0.1, 0.15) is 27.7 Å². The van der Waals surface area contributed by atoms with E-state index in [1.165, 1.54) is 24.3 Å². The van der Waals surface area contributed by atoms with Crippen molar-refractivity contribution >= 4 is 23.5 Å². The lowest BCUT2D eigenvalue weighted by atomic mass is 10.3. The van der Waals surface area contributed by atoms with Crippen molar-refractivity contribution in [2.24, 2.45) is 0 Å². The van der Waals surface area contributed by atoms with Crippen molar-refractivity contribution in [2.45, 2.75) is 46.1 Å². The van der Waals surface area contributed by atoms with Crippen molar-refractivity contribution < 1.29 is 17.9 Å². The maximum atomic E-state index is 12.2. The van der Waals surface area contributed by atoms with Crippen molar-refractivity contribution in [3.05, 3.63) is 24.3 Å². The summed E-state index contributed by atoms with van der Waals surface area (Å²) in [5.74, 6) is 0.731. The number of nitrogens with one attached hydrogen (secondary N) is 3. The third-order valence-corrected chi connectivity index (χ3v) is 2.81. The van der Waals surface area contributed by atoms with E-state index in [-0.39, 0.29) is 23.8 Å². The van der Waals surface area contributed by atoms with Gasteiger partial charge in [0, 0.05) is 17.8 Å². The van der Waals surface area contributed by atoms with Crippen LogP contribution in [-0.4, -0.2) is 33.4 Å². The van der Waals surface area contributed by atoms with Crippen LogP contribution >= 0.6 is 0 Å². The molecule has 3 N–H and O–H groups in total. The van der Waals surface area contributed by atoms with Crippen LogP contribution in [0.15, 0.2) is 24.3 Å². The van der Waals surface area contributed by atoms with Crippen LogP contribution in [0, 0.1) is 0 Å². The number of alkyl halides is 3. The molecular formula is C16H21F3N6O. The van der Waals surface area contributed by atoms with Gasteiger partial charge in [-0.15, -0.1) is 13.2 Å². The predicted molar refractivity (Wildman–Crippen MR) is 93.8 cm³/mol. The number of aromatic nitrogens is 3. The van der Waals surface area contributed by atoms with Gasteiger partial charge in [-0.25, -0.2) is 0 Å². The Balaban J connectivity index is 2.18. The zero-order valence-electron chi connectivity index (χ0n) is 14.8. The number of hydrogen-bond donors (Lipinski definition) is 3. The first-order chi connectivity index (χ1) is 12.1. The van der Waals surface area contributed by atoms with Gasteiger partial charge in [0.25, 0.3) is 0 Å². The third-order valence-electron chi connectivity index (χ3n) is 2.81. The van der Waals surface area contributed by atoms with E-state index in [4.69, 9.17) is 0 Å². The Morgan fingerprint density at radius 1 is 0.808 bits per heavy atom. The topological polar surface area (TPSA) is 84.0 Å². The van der Waals surface area contributed by atoms with Gasteiger partial charge < -0.3 is 20.7 Å². The molecule has 0 bridgehead atoms. The van der Waals surface area contributed by atoms with Crippen LogP contribution in [0.4, 0.5) is 36.7 Å². The van der Waals surface area contributed by atoms with Gasteiger partial charge in [0.2, 0.25) is 17.8 Å². The molecular weight excluding hydrogens is 349 g/mol. The molecule has 0 saturated heterocycles. The number of hydrogen-bond acceptors (Lipinski definition) is 7. The first kappa shape index (κ1) is 19.5. The first-order valence-corrected chi connectivity index (χ1v) is 8.02. The van der Waals surface area contributed by atoms with Gasteiger partial charge in [-0.2, -0.15) is 15.0 Å². The maximum Gasteiger partial charge on any atom is 0.573 e. The normalized spacial score (nSPS) is 11.6. The molecule has 0 spiro atoms. The lowest BCUT2D eigenvalue weighted by Crippen LogP contribution is -2.18. The molecule has 1 aromatic carbocycles. The van der Waals surface area contributed by atoms with Gasteiger partial charge >= 0.3 is 6.36 Å². The highest BCUT2D eigenvalue weighted by atomic mass is 19.4. The standard InChI is InChI=1S/C16H21F3N6O/c1-9(2)20-13-23-14(21-10(3)4)25-15(24-13)22-11-5-7-12(8-6-11)26-16(17,18)19/h5-10H,1-4H3,(H3,20,21,22,23,24,25). The highest BCUT2D eigenvalue weighted by molar-refractivity contribution is 5.56. The van der Waals surface area contributed by atoms with Gasteiger partial charge in [-0.05, 0) is 52.0 Å². The summed E-state index contributed by atoms with van der Waals surface area (Å²) in [7, 11) is 0. The highest BCUT2D eigenvalue weighted by Gasteiger charge is 2.30. The van der Waals surface area contributed by atoms with Gasteiger partial charge in [-0.3, -0.25) is 0 Å². The summed E-state index contributed by atoms with van der Waals surface area (Å²) in [5.41, 5.74) is 0.511. The molecule has 10 heteroatoms. The fraction of sp³-hybridized carbons (Fsp3) is 0.438. The van der Waals surface area contributed by atoms with Crippen LogP contribution in [0.3, 0.4) is 0 Å². The molecule has 7 nitrogen and oxygen atoms in total. The second-order valence-electron chi connectivity index (χ2n) is 6.10. The Bertz CT molecular complexity index is 691. The summed E-state index contributed by atoms with van der Waals surface area (Å²) in [5, 5.41) is 9.13. The van der Waals surface area contributed by atoms with E-state index in [9.17, 15) is 13.2 Å². The second kappa shape index (κ2) is 8.07. The van der Waals surface area contributed by atoms with E-state index in [1.807, 2.05) is 27.7 Å². The molecule has 0 aliphatic rings. The minimum Gasteiger partial charge on any atom is -0.406 e. The smallest absolute Gasteiger partial charge is 0.406 e. The minimum absolute atomic E-state index is 0.121. The van der Waals surface area contributed by atoms with Crippen LogP contribution in [-0.2, 0) is 0 Å². The minimum atomic E-state index is -4.72. The van der Waals surface area contributed by atoms with Gasteiger partial charge in [0.1, 0.15) is 5.75 Å². The average Bonchev–Trinajstić information content (AvgIpc) is 2.46. The number of halogens is 3. The summed E-state index contributed by atoms with van der Waals surface area (Å²) in [6.07, 6.45) is -4.72. The summed E-state index contributed by atoms with van der Waals surface area (Å²) in [6, 6.07) is 5.54. The molecule has 2 aromatic rings. The molecule has 0 aliphatic carbocycles. The zero-order chi connectivity index (χ0) is 19.3. The lowest BCUT2D eigenvalue weighted by molar-refractivity contribution is -0.274. The van der Waals surface area contributed by atoms with Crippen molar-refractivity contribution in [3.8, 4) is 5.75 Å². The van der Waals surface area contributed by atoms with Gasteiger partial charge in [0.05, 0.1) is 0 Å². The Morgan fingerprint density at radius 3 is 1.69 bits per heavy atom. The van der Waals surface area contributed by atoms with E-state index < -0.39 is 6.36 Å². The van der Waals surface area contributed by atoms with Crippen molar-refractivity contribution in [1.82, 2.24) is 15.0 Å². The molecule has 1 aromatic heterocycles. The molecule has 2 rings (SSSR count). The zero-order valence-corrected chi connectivity index (χ0v) is 14.8. The lowest BCUT2D eigenvalue weighted by Gasteiger charge is -2.14. The summed E-state index contributed by atoms with van der Waals surface area (Å²) in [6.45, 7) is 7.80. The van der Waals surface area contributed by atoms with E-state index in [0.717, 1.165) is 0 Å². The van der Waals surface area contributed by atoms with Crippen LogP contribution < -0.4 is 20.7 Å². The van der Waals surface area contributed by atoms with Crippen LogP contribution in [0.25, 0.3) is 0 Å². The molecule has 26 heavy (non-hydrogen) atoms. The molecule has 0 unspecified atom stereocenters. The summed E-state index contributed by atoms with van der Waals surface area (Å²) in [4.78, 5) is 12.8. The Hall–Kier alpha value is -2.78. The second-order valence-corrected chi connectivity index (χ2v) is 6.10. The third kappa shape index (κ3) is 6.61. The average molecular weight is 370 g/mol. The van der Waals surface area contributed by atoms with E-state index in [2.05, 4.69) is 35.6 Å². The molecule has 0 radical (unpaired) electrons. The molecule has 0 aliphatic heterocycles.